The quantitative estimate of drug-likeness (QED) is 0.802. The third-order valence-electron chi connectivity index (χ3n) is 5.11. The van der Waals surface area contributed by atoms with Crippen LogP contribution in [0.4, 0.5) is 10.1 Å². The minimum Gasteiger partial charge on any atom is -0.270 e. The fourth-order valence-electron chi connectivity index (χ4n) is 4.11. The van der Waals surface area contributed by atoms with Crippen molar-refractivity contribution in [3.05, 3.63) is 53.3 Å². The third-order valence-corrected chi connectivity index (χ3v) is 6.29. The van der Waals surface area contributed by atoms with Gasteiger partial charge >= 0.3 is 0 Å². The number of hydrogen-bond donors (Lipinski definition) is 0. The monoisotopic (exact) mass is 331 g/mol. The molecule has 0 amide bonds. The predicted octanol–water partition coefficient (Wildman–Crippen LogP) is 3.48. The second kappa shape index (κ2) is 4.57. The van der Waals surface area contributed by atoms with Gasteiger partial charge in [0.1, 0.15) is 5.82 Å². The van der Waals surface area contributed by atoms with Crippen LogP contribution in [0.2, 0.25) is 0 Å². The summed E-state index contributed by atoms with van der Waals surface area (Å²) in [6, 6.07) is 10.9. The summed E-state index contributed by atoms with van der Waals surface area (Å²) in [6.45, 7) is 2.55. The van der Waals surface area contributed by atoms with Gasteiger partial charge in [-0.15, -0.1) is 0 Å². The second-order valence-corrected chi connectivity index (χ2v) is 8.73. The van der Waals surface area contributed by atoms with Crippen LogP contribution in [0.3, 0.4) is 0 Å². The summed E-state index contributed by atoms with van der Waals surface area (Å²) in [5, 5.41) is 0. The molecule has 1 aliphatic carbocycles. The van der Waals surface area contributed by atoms with Crippen molar-refractivity contribution in [3.63, 3.8) is 0 Å². The van der Waals surface area contributed by atoms with Crippen LogP contribution in [-0.2, 0) is 21.9 Å². The predicted molar refractivity (Wildman–Crippen MR) is 89.7 cm³/mol. The molecule has 0 fully saturated rings. The fraction of sp³-hybridized carbons (Fsp3) is 0.333. The van der Waals surface area contributed by atoms with Crippen LogP contribution in [0, 0.1) is 5.82 Å². The second-order valence-electron chi connectivity index (χ2n) is 6.83. The molecule has 1 atom stereocenters. The molecule has 1 unspecified atom stereocenters. The van der Waals surface area contributed by atoms with Gasteiger partial charge in [0.25, 0.3) is 0 Å². The molecule has 2 aromatic carbocycles. The molecule has 4 rings (SSSR count). The Morgan fingerprint density at radius 2 is 1.91 bits per heavy atom. The largest absolute Gasteiger partial charge is 0.270 e. The molecular formula is C18H18FNO2S. The fourth-order valence-corrected chi connectivity index (χ4v) is 5.03. The zero-order chi connectivity index (χ0) is 16.4. The molecule has 23 heavy (non-hydrogen) atoms. The highest BCUT2D eigenvalue weighted by Gasteiger charge is 2.43. The van der Waals surface area contributed by atoms with Crippen molar-refractivity contribution >= 4 is 15.7 Å². The number of benzene rings is 2. The number of rotatable bonds is 1. The van der Waals surface area contributed by atoms with Gasteiger partial charge in [0.15, 0.2) is 0 Å². The van der Waals surface area contributed by atoms with Gasteiger partial charge in [-0.2, -0.15) is 0 Å². The van der Waals surface area contributed by atoms with Crippen molar-refractivity contribution < 1.29 is 12.8 Å². The maximum Gasteiger partial charge on any atom is 0.232 e. The SMILES string of the molecule is CC12CCN(S(C)(=O)=O)c3cc(F)cc(c31)-c1ccccc1C2. The van der Waals surface area contributed by atoms with Crippen LogP contribution >= 0.6 is 0 Å². The zero-order valence-electron chi connectivity index (χ0n) is 13.1. The average molecular weight is 331 g/mol. The summed E-state index contributed by atoms with van der Waals surface area (Å²) in [5.41, 5.74) is 4.36. The Labute approximate surface area is 135 Å². The van der Waals surface area contributed by atoms with Crippen LogP contribution in [0.25, 0.3) is 11.1 Å². The molecule has 0 saturated heterocycles. The molecule has 2 aromatic rings. The molecule has 0 N–H and O–H groups in total. The first-order valence-electron chi connectivity index (χ1n) is 7.70. The van der Waals surface area contributed by atoms with Gasteiger partial charge in [0.2, 0.25) is 10.0 Å². The van der Waals surface area contributed by atoms with Crippen LogP contribution in [0.5, 0.6) is 0 Å². The average Bonchev–Trinajstić information content (AvgIpc) is 2.45. The summed E-state index contributed by atoms with van der Waals surface area (Å²) in [5.74, 6) is -0.395. The molecule has 0 spiro atoms. The van der Waals surface area contributed by atoms with Crippen LogP contribution in [0.15, 0.2) is 36.4 Å². The molecule has 0 aromatic heterocycles. The van der Waals surface area contributed by atoms with E-state index in [1.54, 1.807) is 6.07 Å². The van der Waals surface area contributed by atoms with Crippen LogP contribution < -0.4 is 4.31 Å². The van der Waals surface area contributed by atoms with Crippen LogP contribution in [-0.4, -0.2) is 21.2 Å². The highest BCUT2D eigenvalue weighted by molar-refractivity contribution is 7.92. The first-order chi connectivity index (χ1) is 10.8. The normalized spacial score (nSPS) is 22.5. The molecule has 1 aliphatic heterocycles. The number of nitrogens with zero attached hydrogens (tertiary/aromatic N) is 1. The maximum absolute atomic E-state index is 14.3. The van der Waals surface area contributed by atoms with E-state index in [-0.39, 0.29) is 5.41 Å². The molecule has 0 bridgehead atoms. The van der Waals surface area contributed by atoms with E-state index in [4.69, 9.17) is 0 Å². The lowest BCUT2D eigenvalue weighted by Crippen LogP contribution is -2.44. The van der Waals surface area contributed by atoms with Gasteiger partial charge in [0.05, 0.1) is 11.9 Å². The van der Waals surface area contributed by atoms with Gasteiger partial charge in [-0.3, -0.25) is 4.31 Å². The maximum atomic E-state index is 14.3. The van der Waals surface area contributed by atoms with E-state index in [1.165, 1.54) is 22.2 Å². The van der Waals surface area contributed by atoms with Gasteiger partial charge in [0, 0.05) is 12.0 Å². The topological polar surface area (TPSA) is 37.4 Å². The minimum atomic E-state index is -3.42. The van der Waals surface area contributed by atoms with E-state index in [9.17, 15) is 12.8 Å². The Morgan fingerprint density at radius 3 is 2.65 bits per heavy atom. The number of halogens is 1. The van der Waals surface area contributed by atoms with Gasteiger partial charge < -0.3 is 0 Å². The smallest absolute Gasteiger partial charge is 0.232 e. The molecule has 0 saturated carbocycles. The zero-order valence-corrected chi connectivity index (χ0v) is 14.0. The summed E-state index contributed by atoms with van der Waals surface area (Å²) < 4.78 is 39.9. The Bertz CT molecular complexity index is 923. The molecule has 3 nitrogen and oxygen atoms in total. The van der Waals surface area contributed by atoms with E-state index < -0.39 is 15.8 Å². The first kappa shape index (κ1) is 14.7. The molecule has 2 aliphatic rings. The number of anilines is 1. The Balaban J connectivity index is 2.09. The number of sulfonamides is 1. The van der Waals surface area contributed by atoms with Gasteiger partial charge in [-0.25, -0.2) is 12.8 Å². The molecule has 1 heterocycles. The number of hydrogen-bond acceptors (Lipinski definition) is 2. The van der Waals surface area contributed by atoms with Crippen molar-refractivity contribution in [2.75, 3.05) is 17.1 Å². The van der Waals surface area contributed by atoms with Gasteiger partial charge in [-0.1, -0.05) is 31.2 Å². The Morgan fingerprint density at radius 1 is 1.17 bits per heavy atom. The van der Waals surface area contributed by atoms with E-state index in [0.717, 1.165) is 29.5 Å². The highest BCUT2D eigenvalue weighted by Crippen LogP contribution is 2.52. The lowest BCUT2D eigenvalue weighted by Gasteiger charge is -2.45. The number of fused-ring (bicyclic) bond motifs is 2. The third kappa shape index (κ3) is 2.10. The molecule has 120 valence electrons. The van der Waals surface area contributed by atoms with Crippen molar-refractivity contribution in [1.82, 2.24) is 0 Å². The lowest BCUT2D eigenvalue weighted by molar-refractivity contribution is 0.418. The first-order valence-corrected chi connectivity index (χ1v) is 9.54. The van der Waals surface area contributed by atoms with E-state index in [2.05, 4.69) is 13.0 Å². The van der Waals surface area contributed by atoms with Crippen molar-refractivity contribution in [2.45, 2.75) is 25.2 Å². The minimum absolute atomic E-state index is 0.159. The van der Waals surface area contributed by atoms with Crippen molar-refractivity contribution in [3.8, 4) is 11.1 Å². The van der Waals surface area contributed by atoms with E-state index in [1.807, 2.05) is 18.2 Å². The van der Waals surface area contributed by atoms with E-state index >= 15 is 0 Å². The standard InChI is InChI=1S/C18H18FNO2S/c1-18-7-8-20(23(2,21)22)16-10-13(19)9-15(17(16)18)14-6-4-3-5-12(14)11-18/h3-6,9-10H,7-8,11H2,1-2H3. The summed E-state index contributed by atoms with van der Waals surface area (Å²) in [7, 11) is -3.42. The van der Waals surface area contributed by atoms with Crippen molar-refractivity contribution in [2.24, 2.45) is 0 Å². The Kier molecular flexibility index (Phi) is 2.92. The molecule has 5 heteroatoms. The van der Waals surface area contributed by atoms with Crippen molar-refractivity contribution in [1.29, 1.82) is 0 Å². The highest BCUT2D eigenvalue weighted by atomic mass is 32.2. The Hall–Kier alpha value is -1.88. The van der Waals surface area contributed by atoms with Gasteiger partial charge in [-0.05, 0) is 47.2 Å². The van der Waals surface area contributed by atoms with Crippen LogP contribution in [0.1, 0.15) is 24.5 Å². The summed E-state index contributed by atoms with van der Waals surface area (Å²) >= 11 is 0. The summed E-state index contributed by atoms with van der Waals surface area (Å²) in [6.07, 6.45) is 2.77. The molecular weight excluding hydrogens is 313 g/mol. The van der Waals surface area contributed by atoms with E-state index in [0.29, 0.717) is 12.2 Å². The lowest BCUT2D eigenvalue weighted by atomic mass is 9.65. The summed E-state index contributed by atoms with van der Waals surface area (Å²) in [4.78, 5) is 0. The molecule has 0 radical (unpaired) electrons.